The third-order valence-corrected chi connectivity index (χ3v) is 5.05. The molecule has 1 amide bonds. The van der Waals surface area contributed by atoms with Gasteiger partial charge in [-0.05, 0) is 53.6 Å². The number of rotatable bonds is 5. The highest BCUT2D eigenvalue weighted by molar-refractivity contribution is 7.98. The minimum absolute atomic E-state index is 0.170. The Labute approximate surface area is 127 Å². The summed E-state index contributed by atoms with van der Waals surface area (Å²) < 4.78 is 0. The van der Waals surface area contributed by atoms with Gasteiger partial charge in [0.2, 0.25) is 0 Å². The quantitative estimate of drug-likeness (QED) is 0.769. The second-order valence-corrected chi connectivity index (χ2v) is 6.62. The van der Waals surface area contributed by atoms with E-state index in [4.69, 9.17) is 0 Å². The second kappa shape index (κ2) is 6.02. The van der Waals surface area contributed by atoms with E-state index in [1.54, 1.807) is 23.1 Å². The van der Waals surface area contributed by atoms with Crippen LogP contribution in [0, 0.1) is 0 Å². The predicted octanol–water partition coefficient (Wildman–Crippen LogP) is 4.27. The highest BCUT2D eigenvalue weighted by Crippen LogP contribution is 2.32. The fourth-order valence-electron chi connectivity index (χ4n) is 2.31. The fraction of sp³-hybridized carbons (Fsp3) is 0.312. The van der Waals surface area contributed by atoms with Crippen molar-refractivity contribution in [1.82, 2.24) is 4.90 Å². The lowest BCUT2D eigenvalue weighted by Crippen LogP contribution is -2.32. The fourth-order valence-corrected chi connectivity index (χ4v) is 3.56. The number of thioether (sulfide) groups is 1. The number of carbonyl (C=O) groups is 1. The molecule has 0 radical (unpaired) electrons. The lowest BCUT2D eigenvalue weighted by molar-refractivity contribution is 0.0726. The molecule has 1 aliphatic carbocycles. The maximum atomic E-state index is 12.8. The zero-order valence-corrected chi connectivity index (χ0v) is 13.0. The molecule has 0 atom stereocenters. The maximum Gasteiger partial charge on any atom is 0.255 e. The van der Waals surface area contributed by atoms with Crippen LogP contribution in [-0.2, 0) is 6.54 Å². The number of carbonyl (C=O) groups excluding carboxylic acids is 1. The summed E-state index contributed by atoms with van der Waals surface area (Å²) >= 11 is 3.32. The van der Waals surface area contributed by atoms with Crippen LogP contribution in [0.5, 0.6) is 0 Å². The summed E-state index contributed by atoms with van der Waals surface area (Å²) in [6, 6.07) is 10.4. The van der Waals surface area contributed by atoms with Gasteiger partial charge in [0, 0.05) is 17.5 Å². The van der Waals surface area contributed by atoms with Crippen LogP contribution < -0.4 is 0 Å². The minimum atomic E-state index is 0.170. The Kier molecular flexibility index (Phi) is 4.13. The molecule has 1 heterocycles. The number of benzene rings is 1. The molecule has 0 saturated heterocycles. The van der Waals surface area contributed by atoms with Crippen molar-refractivity contribution in [1.29, 1.82) is 0 Å². The number of nitrogens with zero attached hydrogens (tertiary/aromatic N) is 1. The van der Waals surface area contributed by atoms with E-state index < -0.39 is 0 Å². The van der Waals surface area contributed by atoms with Crippen molar-refractivity contribution in [2.75, 3.05) is 6.26 Å². The van der Waals surface area contributed by atoms with Crippen molar-refractivity contribution >= 4 is 29.0 Å². The van der Waals surface area contributed by atoms with Crippen molar-refractivity contribution in [2.24, 2.45) is 0 Å². The average molecular weight is 303 g/mol. The first-order valence-corrected chi connectivity index (χ1v) is 8.91. The van der Waals surface area contributed by atoms with E-state index in [-0.39, 0.29) is 5.91 Å². The van der Waals surface area contributed by atoms with Gasteiger partial charge in [-0.1, -0.05) is 12.1 Å². The third-order valence-electron chi connectivity index (χ3n) is 3.52. The zero-order chi connectivity index (χ0) is 13.9. The van der Waals surface area contributed by atoms with Crippen LogP contribution >= 0.6 is 23.1 Å². The van der Waals surface area contributed by atoms with E-state index in [0.29, 0.717) is 6.04 Å². The Morgan fingerprint density at radius 3 is 2.80 bits per heavy atom. The summed E-state index contributed by atoms with van der Waals surface area (Å²) in [5, 5.41) is 4.20. The molecule has 0 spiro atoms. The summed E-state index contributed by atoms with van der Waals surface area (Å²) in [5.41, 5.74) is 2.07. The Morgan fingerprint density at radius 2 is 2.15 bits per heavy atom. The first kappa shape index (κ1) is 13.7. The van der Waals surface area contributed by atoms with Crippen LogP contribution in [0.1, 0.15) is 28.8 Å². The number of hydrogen-bond acceptors (Lipinski definition) is 3. The number of hydrogen-bond donors (Lipinski definition) is 0. The predicted molar refractivity (Wildman–Crippen MR) is 85.4 cm³/mol. The van der Waals surface area contributed by atoms with Gasteiger partial charge in [0.1, 0.15) is 0 Å². The molecule has 0 aliphatic heterocycles. The number of amides is 1. The molecule has 4 heteroatoms. The molecule has 1 aromatic heterocycles. The van der Waals surface area contributed by atoms with Crippen LogP contribution in [0.4, 0.5) is 0 Å². The third kappa shape index (κ3) is 2.91. The lowest BCUT2D eigenvalue weighted by Gasteiger charge is -2.23. The molecule has 0 bridgehead atoms. The topological polar surface area (TPSA) is 20.3 Å². The molecule has 1 aromatic carbocycles. The van der Waals surface area contributed by atoms with Gasteiger partial charge in [0.05, 0.1) is 5.56 Å². The van der Waals surface area contributed by atoms with Gasteiger partial charge in [0.25, 0.3) is 5.91 Å². The van der Waals surface area contributed by atoms with Crippen molar-refractivity contribution in [3.05, 3.63) is 52.2 Å². The molecule has 2 aromatic rings. The summed E-state index contributed by atoms with van der Waals surface area (Å²) in [6.45, 7) is 0.732. The van der Waals surface area contributed by atoms with E-state index in [2.05, 4.69) is 16.8 Å². The van der Waals surface area contributed by atoms with Crippen LogP contribution in [0.15, 0.2) is 46.0 Å². The summed E-state index contributed by atoms with van der Waals surface area (Å²) in [5.74, 6) is 0.170. The van der Waals surface area contributed by atoms with Gasteiger partial charge in [-0.15, -0.1) is 11.8 Å². The number of thiophene rings is 1. The Morgan fingerprint density at radius 1 is 1.35 bits per heavy atom. The molecule has 1 aliphatic rings. The molecule has 0 unspecified atom stereocenters. The largest absolute Gasteiger partial charge is 0.331 e. The van der Waals surface area contributed by atoms with E-state index in [1.807, 2.05) is 35.4 Å². The highest BCUT2D eigenvalue weighted by Gasteiger charge is 2.33. The van der Waals surface area contributed by atoms with E-state index >= 15 is 0 Å². The molecule has 1 saturated carbocycles. The van der Waals surface area contributed by atoms with E-state index in [9.17, 15) is 4.79 Å². The normalized spacial score (nSPS) is 14.2. The lowest BCUT2D eigenvalue weighted by atomic mass is 10.2. The van der Waals surface area contributed by atoms with Crippen LogP contribution in [0.2, 0.25) is 0 Å². The molecular formula is C16H17NOS2. The van der Waals surface area contributed by atoms with Crippen molar-refractivity contribution in [3.63, 3.8) is 0 Å². The maximum absolute atomic E-state index is 12.8. The highest BCUT2D eigenvalue weighted by atomic mass is 32.2. The van der Waals surface area contributed by atoms with E-state index in [0.717, 1.165) is 29.8 Å². The zero-order valence-electron chi connectivity index (χ0n) is 11.4. The monoisotopic (exact) mass is 303 g/mol. The molecule has 3 rings (SSSR count). The minimum Gasteiger partial charge on any atom is -0.331 e. The van der Waals surface area contributed by atoms with Crippen LogP contribution in [-0.4, -0.2) is 23.1 Å². The van der Waals surface area contributed by atoms with Gasteiger partial charge in [-0.25, -0.2) is 0 Å². The molecule has 1 fully saturated rings. The van der Waals surface area contributed by atoms with Crippen molar-refractivity contribution in [2.45, 2.75) is 30.3 Å². The van der Waals surface area contributed by atoms with Gasteiger partial charge in [0.15, 0.2) is 0 Å². The second-order valence-electron chi connectivity index (χ2n) is 5.00. The molecule has 104 valence electrons. The van der Waals surface area contributed by atoms with Crippen LogP contribution in [0.25, 0.3) is 0 Å². The van der Waals surface area contributed by atoms with Gasteiger partial charge < -0.3 is 4.90 Å². The summed E-state index contributed by atoms with van der Waals surface area (Å²) in [4.78, 5) is 16.0. The summed E-state index contributed by atoms with van der Waals surface area (Å²) in [6.07, 6.45) is 4.29. The first-order valence-electron chi connectivity index (χ1n) is 6.74. The molecule has 2 nitrogen and oxygen atoms in total. The molecular weight excluding hydrogens is 286 g/mol. The summed E-state index contributed by atoms with van der Waals surface area (Å²) in [7, 11) is 0. The van der Waals surface area contributed by atoms with Crippen molar-refractivity contribution in [3.8, 4) is 0 Å². The van der Waals surface area contributed by atoms with Gasteiger partial charge in [-0.2, -0.15) is 11.3 Å². The Bertz CT molecular complexity index is 590. The molecule has 20 heavy (non-hydrogen) atoms. The Hall–Kier alpha value is -1.26. The van der Waals surface area contributed by atoms with Gasteiger partial charge in [-0.3, -0.25) is 4.79 Å². The Balaban J connectivity index is 1.85. The first-order chi connectivity index (χ1) is 9.79. The van der Waals surface area contributed by atoms with Crippen LogP contribution in [0.3, 0.4) is 0 Å². The van der Waals surface area contributed by atoms with Gasteiger partial charge >= 0.3 is 0 Å². The average Bonchev–Trinajstić information content (AvgIpc) is 3.20. The van der Waals surface area contributed by atoms with Crippen molar-refractivity contribution < 1.29 is 4.79 Å². The SMILES string of the molecule is CSc1ccccc1C(=O)N(Cc1ccsc1)C1CC1. The smallest absolute Gasteiger partial charge is 0.255 e. The molecule has 0 N–H and O–H groups in total. The standard InChI is InChI=1S/C16H17NOS2/c1-19-15-5-3-2-4-14(15)16(18)17(13-6-7-13)10-12-8-9-20-11-12/h2-5,8-9,11,13H,6-7,10H2,1H3. The van der Waals surface area contributed by atoms with E-state index in [1.165, 1.54) is 5.56 Å².